The van der Waals surface area contributed by atoms with E-state index in [9.17, 15) is 10.4 Å². The smallest absolute Gasteiger partial charge is 0.233 e. The van der Waals surface area contributed by atoms with Gasteiger partial charge >= 0.3 is 0 Å². The minimum Gasteiger partial charge on any atom is -0.480 e. The summed E-state index contributed by atoms with van der Waals surface area (Å²) in [5.74, 6) is 1.04. The molecule has 0 spiro atoms. The van der Waals surface area contributed by atoms with Crippen molar-refractivity contribution in [1.82, 2.24) is 4.37 Å². The van der Waals surface area contributed by atoms with Gasteiger partial charge in [-0.25, -0.2) is 0 Å². The van der Waals surface area contributed by atoms with E-state index in [1.54, 1.807) is 7.11 Å². The highest BCUT2D eigenvalue weighted by molar-refractivity contribution is 7.06. The first-order chi connectivity index (χ1) is 9.78. The third-order valence-corrected chi connectivity index (χ3v) is 4.36. The number of rotatable bonds is 4. The molecule has 5 heteroatoms. The molecular formula is C15H14N2O2S. The van der Waals surface area contributed by atoms with Crippen LogP contribution in [0.2, 0.25) is 0 Å². The lowest BCUT2D eigenvalue weighted by Gasteiger charge is -2.07. The number of ether oxygens (including phenoxy) is 1. The molecule has 1 N–H and O–H groups in total. The fourth-order valence-corrected chi connectivity index (χ4v) is 3.11. The highest BCUT2D eigenvalue weighted by Crippen LogP contribution is 2.43. The number of nitrogens with zero attached hydrogens (tertiary/aromatic N) is 2. The summed E-state index contributed by atoms with van der Waals surface area (Å²) in [6, 6.07) is 8.15. The van der Waals surface area contributed by atoms with Gasteiger partial charge in [-0.3, -0.25) is 0 Å². The van der Waals surface area contributed by atoms with Gasteiger partial charge in [-0.05, 0) is 47.5 Å². The molecule has 0 atom stereocenters. The molecule has 2 aromatic rings. The molecule has 1 fully saturated rings. The first-order valence-electron chi connectivity index (χ1n) is 6.46. The quantitative estimate of drug-likeness (QED) is 0.938. The molecule has 4 nitrogen and oxygen atoms in total. The van der Waals surface area contributed by atoms with Crippen molar-refractivity contribution in [2.24, 2.45) is 0 Å². The van der Waals surface area contributed by atoms with Crippen molar-refractivity contribution >= 4 is 11.5 Å². The van der Waals surface area contributed by atoms with E-state index in [4.69, 9.17) is 4.74 Å². The van der Waals surface area contributed by atoms with E-state index in [2.05, 4.69) is 10.4 Å². The van der Waals surface area contributed by atoms with Crippen molar-refractivity contribution in [2.45, 2.75) is 25.4 Å². The Hall–Kier alpha value is -1.90. The summed E-state index contributed by atoms with van der Waals surface area (Å²) < 4.78 is 9.43. The van der Waals surface area contributed by atoms with Crippen LogP contribution >= 0.6 is 11.5 Å². The van der Waals surface area contributed by atoms with E-state index < -0.39 is 0 Å². The Bertz CT molecular complexity index is 662. The minimum atomic E-state index is -0.0807. The molecule has 0 bridgehead atoms. The first kappa shape index (κ1) is 13.1. The fraction of sp³-hybridized carbons (Fsp3) is 0.333. The van der Waals surface area contributed by atoms with Crippen LogP contribution in [-0.4, -0.2) is 16.6 Å². The second kappa shape index (κ2) is 5.23. The van der Waals surface area contributed by atoms with Gasteiger partial charge in [0.1, 0.15) is 0 Å². The molecule has 1 aromatic heterocycles. The van der Waals surface area contributed by atoms with Crippen LogP contribution in [0.1, 0.15) is 34.8 Å². The van der Waals surface area contributed by atoms with Gasteiger partial charge in [0.15, 0.2) is 0 Å². The van der Waals surface area contributed by atoms with Crippen LogP contribution in [0.4, 0.5) is 0 Å². The number of methoxy groups -OCH3 is 1. The van der Waals surface area contributed by atoms with Crippen LogP contribution in [0.25, 0.3) is 11.1 Å². The molecule has 3 rings (SSSR count). The molecule has 0 unspecified atom stereocenters. The van der Waals surface area contributed by atoms with Crippen LogP contribution in [0, 0.1) is 11.3 Å². The lowest BCUT2D eigenvalue weighted by Crippen LogP contribution is -1.92. The monoisotopic (exact) mass is 286 g/mol. The summed E-state index contributed by atoms with van der Waals surface area (Å²) in [5, 5.41) is 18.7. The third kappa shape index (κ3) is 2.17. The average molecular weight is 286 g/mol. The SMILES string of the molecule is COc1nsc(CO)c1-c1ccc(C2CC2)c(C#N)c1. The van der Waals surface area contributed by atoms with Gasteiger partial charge in [0, 0.05) is 0 Å². The summed E-state index contributed by atoms with van der Waals surface area (Å²) in [6.45, 7) is -0.0807. The van der Waals surface area contributed by atoms with Gasteiger partial charge in [-0.1, -0.05) is 12.1 Å². The maximum absolute atomic E-state index is 9.42. The Balaban J connectivity index is 2.11. The predicted octanol–water partition coefficient (Wildman–Crippen LogP) is 3.06. The van der Waals surface area contributed by atoms with Crippen LogP contribution in [0.3, 0.4) is 0 Å². The molecule has 0 amide bonds. The summed E-state index contributed by atoms with van der Waals surface area (Å²) in [6.07, 6.45) is 2.33. The normalized spacial score (nSPS) is 14.1. The van der Waals surface area contributed by atoms with Gasteiger partial charge in [-0.15, -0.1) is 0 Å². The molecule has 102 valence electrons. The Morgan fingerprint density at radius 2 is 2.30 bits per heavy atom. The molecule has 1 saturated carbocycles. The number of hydrogen-bond acceptors (Lipinski definition) is 5. The molecule has 1 aliphatic rings. The maximum Gasteiger partial charge on any atom is 0.233 e. The zero-order valence-electron chi connectivity index (χ0n) is 11.1. The van der Waals surface area contributed by atoms with Gasteiger partial charge in [-0.2, -0.15) is 9.64 Å². The van der Waals surface area contributed by atoms with E-state index in [1.807, 2.05) is 18.2 Å². The van der Waals surface area contributed by atoms with E-state index in [1.165, 1.54) is 24.4 Å². The van der Waals surface area contributed by atoms with Gasteiger partial charge < -0.3 is 9.84 Å². The largest absolute Gasteiger partial charge is 0.480 e. The lowest BCUT2D eigenvalue weighted by atomic mass is 9.98. The second-order valence-electron chi connectivity index (χ2n) is 4.84. The highest BCUT2D eigenvalue weighted by atomic mass is 32.1. The Morgan fingerprint density at radius 1 is 1.50 bits per heavy atom. The standard InChI is InChI=1S/C15H14N2O2S/c1-19-15-14(13(8-18)20-17-15)10-4-5-12(9-2-3-9)11(6-10)7-16/h4-6,9,18H,2-3,8H2,1H3. The molecule has 20 heavy (non-hydrogen) atoms. The molecular weight excluding hydrogens is 272 g/mol. The van der Waals surface area contributed by atoms with Crippen LogP contribution < -0.4 is 4.74 Å². The number of aromatic nitrogens is 1. The third-order valence-electron chi connectivity index (χ3n) is 3.55. The molecule has 0 radical (unpaired) electrons. The minimum absolute atomic E-state index is 0.0807. The second-order valence-corrected chi connectivity index (χ2v) is 5.69. The molecule has 0 saturated heterocycles. The zero-order valence-corrected chi connectivity index (χ0v) is 11.9. The fourth-order valence-electron chi connectivity index (χ4n) is 2.40. The summed E-state index contributed by atoms with van der Waals surface area (Å²) in [7, 11) is 1.56. The molecule has 1 heterocycles. The van der Waals surface area contributed by atoms with Crippen LogP contribution in [0.5, 0.6) is 5.88 Å². The number of aliphatic hydroxyl groups excluding tert-OH is 1. The van der Waals surface area contributed by atoms with E-state index in [0.29, 0.717) is 17.4 Å². The van der Waals surface area contributed by atoms with Crippen molar-refractivity contribution in [3.8, 4) is 23.1 Å². The van der Waals surface area contributed by atoms with Crippen LogP contribution in [0.15, 0.2) is 18.2 Å². The van der Waals surface area contributed by atoms with Gasteiger partial charge in [0.25, 0.3) is 0 Å². The molecule has 1 aliphatic carbocycles. The topological polar surface area (TPSA) is 66.1 Å². The van der Waals surface area contributed by atoms with E-state index >= 15 is 0 Å². The van der Waals surface area contributed by atoms with Gasteiger partial charge in [0.05, 0.1) is 35.8 Å². The van der Waals surface area contributed by atoms with Crippen LogP contribution in [-0.2, 0) is 6.61 Å². The van der Waals surface area contributed by atoms with Crippen molar-refractivity contribution in [1.29, 1.82) is 5.26 Å². The number of benzene rings is 1. The van der Waals surface area contributed by atoms with Gasteiger partial charge in [0.2, 0.25) is 5.88 Å². The average Bonchev–Trinajstić information content (AvgIpc) is 3.25. The Morgan fingerprint density at radius 3 is 2.90 bits per heavy atom. The Kier molecular flexibility index (Phi) is 3.43. The summed E-state index contributed by atoms with van der Waals surface area (Å²) in [5.41, 5.74) is 3.51. The number of hydrogen-bond donors (Lipinski definition) is 1. The molecule has 1 aromatic carbocycles. The lowest BCUT2D eigenvalue weighted by molar-refractivity contribution is 0.285. The van der Waals surface area contributed by atoms with E-state index in [0.717, 1.165) is 21.6 Å². The summed E-state index contributed by atoms with van der Waals surface area (Å²) in [4.78, 5) is 0.755. The summed E-state index contributed by atoms with van der Waals surface area (Å²) >= 11 is 1.22. The van der Waals surface area contributed by atoms with Crippen molar-refractivity contribution in [3.63, 3.8) is 0 Å². The molecule has 0 aliphatic heterocycles. The number of nitriles is 1. The van der Waals surface area contributed by atoms with Crippen molar-refractivity contribution in [3.05, 3.63) is 34.2 Å². The van der Waals surface area contributed by atoms with E-state index in [-0.39, 0.29) is 6.61 Å². The van der Waals surface area contributed by atoms with Crippen molar-refractivity contribution in [2.75, 3.05) is 7.11 Å². The maximum atomic E-state index is 9.42. The predicted molar refractivity (Wildman–Crippen MR) is 76.7 cm³/mol. The first-order valence-corrected chi connectivity index (χ1v) is 7.23. The Labute approximate surface area is 121 Å². The number of aliphatic hydroxyl groups is 1. The highest BCUT2D eigenvalue weighted by Gasteiger charge is 2.27. The zero-order chi connectivity index (χ0) is 14.1. The van der Waals surface area contributed by atoms with Crippen molar-refractivity contribution < 1.29 is 9.84 Å².